The predicted octanol–water partition coefficient (Wildman–Crippen LogP) is 4.17. The molecule has 0 bridgehead atoms. The van der Waals surface area contributed by atoms with Crippen molar-refractivity contribution < 1.29 is 34.1 Å². The normalized spacial score (nSPS) is 20.4. The minimum absolute atomic E-state index is 0.00242. The number of nitrogens with one attached hydrogen (secondary N) is 1. The predicted molar refractivity (Wildman–Crippen MR) is 176 cm³/mol. The van der Waals surface area contributed by atoms with Crippen molar-refractivity contribution in [2.24, 2.45) is 0 Å². The summed E-state index contributed by atoms with van der Waals surface area (Å²) in [6.07, 6.45) is -3.23. The lowest BCUT2D eigenvalue weighted by Gasteiger charge is -2.36. The average Bonchev–Trinajstić information content (AvgIpc) is 3.42. The number of carbonyl (C=O) groups excluding carboxylic acids is 1. The number of hydrogen-bond acceptors (Lipinski definition) is 7. The van der Waals surface area contributed by atoms with Gasteiger partial charge in [0.1, 0.15) is 18.0 Å². The van der Waals surface area contributed by atoms with Crippen LogP contribution in [0.2, 0.25) is 0 Å². The van der Waals surface area contributed by atoms with Gasteiger partial charge in [-0.25, -0.2) is 4.79 Å². The van der Waals surface area contributed by atoms with Gasteiger partial charge in [0.2, 0.25) is 0 Å². The van der Waals surface area contributed by atoms with Crippen LogP contribution in [0, 0.1) is 0 Å². The molecule has 47 heavy (non-hydrogen) atoms. The first-order valence-corrected chi connectivity index (χ1v) is 16.9. The van der Waals surface area contributed by atoms with E-state index >= 15 is 0 Å². The van der Waals surface area contributed by atoms with Crippen LogP contribution in [-0.2, 0) is 24.1 Å². The highest BCUT2D eigenvalue weighted by Crippen LogP contribution is 2.37. The highest BCUT2D eigenvalue weighted by molar-refractivity contribution is 7.51. The number of carbonyl (C=O) groups is 1. The molecule has 12 nitrogen and oxygen atoms in total. The lowest BCUT2D eigenvalue weighted by Crippen LogP contribution is -2.50. The molecule has 4 atom stereocenters. The van der Waals surface area contributed by atoms with Crippen LogP contribution < -0.4 is 10.5 Å². The fourth-order valence-electron chi connectivity index (χ4n) is 6.14. The summed E-state index contributed by atoms with van der Waals surface area (Å²) < 4.78 is 16.8. The summed E-state index contributed by atoms with van der Waals surface area (Å²) in [5.41, 5.74) is 9.71. The van der Waals surface area contributed by atoms with Crippen molar-refractivity contribution in [1.82, 2.24) is 20.0 Å². The Labute approximate surface area is 271 Å². The van der Waals surface area contributed by atoms with E-state index < -0.39 is 44.3 Å². The molecule has 1 fully saturated rings. The molecule has 6 rings (SSSR count). The van der Waals surface area contributed by atoms with Crippen molar-refractivity contribution >= 4 is 30.3 Å². The van der Waals surface area contributed by atoms with E-state index in [0.29, 0.717) is 22.3 Å². The third kappa shape index (κ3) is 7.32. The number of aromatic amines is 1. The van der Waals surface area contributed by atoms with Crippen LogP contribution >= 0.6 is 7.60 Å². The second-order valence-corrected chi connectivity index (χ2v) is 13.3. The number of anilines is 1. The number of fused-ring (bicyclic) bond motifs is 1. The number of aliphatic hydroxyl groups excluding tert-OH is 2. The quantitative estimate of drug-likeness (QED) is 0.120. The molecule has 2 amide bonds. The maximum Gasteiger partial charge on any atom is 0.362 e. The molecule has 1 aliphatic rings. The molecule has 13 heteroatoms. The number of amides is 2. The standard InChI is InChI=1S/C34H36N5O7P/c35-33-27-17-24(14-15-28(27)36-37-33)19-38-29(18-22-8-3-1-4-9-22)31(40)32(41)30(25-11-5-2-6-12-25)39(34(38)42)20-23-10-7-13-26(16-23)46-21-47(43,44)45/h1-17,29-32,40-41H,18-21H2,(H3,35,36,37)(H2,43,44,45)/t29-,30?,31+,32+/m1/s1. The SMILES string of the molecule is Nc1n[nH]c2ccc(CN3C(=O)N(Cc4cccc(OCP(=O)(O)O)c4)C(c4ccccc4)[C@H](O)[C@@H](O)[C@H]3Cc3ccccc3)cc12. The zero-order valence-electron chi connectivity index (χ0n) is 25.3. The number of rotatable bonds is 10. The van der Waals surface area contributed by atoms with E-state index in [2.05, 4.69) is 10.2 Å². The first kappa shape index (κ1) is 32.2. The van der Waals surface area contributed by atoms with Gasteiger partial charge in [0.05, 0.1) is 17.6 Å². The molecule has 244 valence electrons. The lowest BCUT2D eigenvalue weighted by molar-refractivity contribution is -0.0418. The lowest BCUT2D eigenvalue weighted by atomic mass is 9.90. The fraction of sp³-hybridized carbons (Fsp3) is 0.235. The molecule has 1 aliphatic heterocycles. The van der Waals surface area contributed by atoms with E-state index in [4.69, 9.17) is 10.5 Å². The maximum absolute atomic E-state index is 14.9. The molecule has 1 saturated heterocycles. The van der Waals surface area contributed by atoms with E-state index in [-0.39, 0.29) is 25.3 Å². The number of aliphatic hydroxyl groups is 2. The van der Waals surface area contributed by atoms with Gasteiger partial charge in [-0.05, 0) is 52.9 Å². The first-order valence-electron chi connectivity index (χ1n) is 15.1. The zero-order chi connectivity index (χ0) is 33.1. The maximum atomic E-state index is 14.9. The minimum atomic E-state index is -4.42. The molecule has 1 unspecified atom stereocenters. The summed E-state index contributed by atoms with van der Waals surface area (Å²) in [4.78, 5) is 36.6. The van der Waals surface area contributed by atoms with Gasteiger partial charge in [0.15, 0.2) is 12.2 Å². The topological polar surface area (TPSA) is 185 Å². The molecule has 0 saturated carbocycles. The van der Waals surface area contributed by atoms with Crippen LogP contribution in [-0.4, -0.2) is 70.6 Å². The molecular formula is C34H36N5O7P. The summed E-state index contributed by atoms with van der Waals surface area (Å²) in [6.45, 7) is 0.0989. The van der Waals surface area contributed by atoms with E-state index in [9.17, 15) is 29.4 Å². The van der Waals surface area contributed by atoms with Crippen LogP contribution in [0.5, 0.6) is 5.75 Å². The minimum Gasteiger partial charge on any atom is -0.481 e. The van der Waals surface area contributed by atoms with Gasteiger partial charge in [-0.2, -0.15) is 5.10 Å². The summed E-state index contributed by atoms with van der Waals surface area (Å²) in [6, 6.07) is 28.5. The van der Waals surface area contributed by atoms with Crippen molar-refractivity contribution in [3.05, 3.63) is 125 Å². The number of aromatic nitrogens is 2. The second kappa shape index (κ2) is 13.6. The highest BCUT2D eigenvalue weighted by atomic mass is 31.2. The molecule has 2 heterocycles. The molecule has 0 spiro atoms. The Morgan fingerprint density at radius 1 is 0.809 bits per heavy atom. The van der Waals surface area contributed by atoms with Crippen LogP contribution in [0.4, 0.5) is 10.6 Å². The van der Waals surface area contributed by atoms with Gasteiger partial charge < -0.3 is 40.3 Å². The molecule has 0 aliphatic carbocycles. The van der Waals surface area contributed by atoms with Crippen molar-refractivity contribution in [3.8, 4) is 5.75 Å². The van der Waals surface area contributed by atoms with Crippen LogP contribution in [0.25, 0.3) is 10.9 Å². The van der Waals surface area contributed by atoms with Gasteiger partial charge in [-0.1, -0.05) is 78.9 Å². The van der Waals surface area contributed by atoms with E-state index in [0.717, 1.165) is 16.6 Å². The number of H-pyrrole nitrogens is 1. The Morgan fingerprint density at radius 2 is 1.47 bits per heavy atom. The van der Waals surface area contributed by atoms with Crippen LogP contribution in [0.15, 0.2) is 103 Å². The van der Waals surface area contributed by atoms with Crippen molar-refractivity contribution in [2.45, 2.75) is 43.8 Å². The van der Waals surface area contributed by atoms with Gasteiger partial charge in [0, 0.05) is 18.5 Å². The Balaban J connectivity index is 1.43. The Kier molecular flexibility index (Phi) is 9.31. The summed E-state index contributed by atoms with van der Waals surface area (Å²) in [7, 11) is -4.42. The van der Waals surface area contributed by atoms with Gasteiger partial charge in [-0.15, -0.1) is 0 Å². The summed E-state index contributed by atoms with van der Waals surface area (Å²) in [5.74, 6) is 0.543. The van der Waals surface area contributed by atoms with Crippen molar-refractivity contribution in [1.29, 1.82) is 0 Å². The molecule has 7 N–H and O–H groups in total. The molecule has 1 aromatic heterocycles. The largest absolute Gasteiger partial charge is 0.481 e. The molecular weight excluding hydrogens is 621 g/mol. The van der Waals surface area contributed by atoms with Crippen molar-refractivity contribution in [2.75, 3.05) is 12.1 Å². The molecule has 0 radical (unpaired) electrons. The summed E-state index contributed by atoms with van der Waals surface area (Å²) in [5, 5.41) is 31.5. The fourth-order valence-corrected chi connectivity index (χ4v) is 6.46. The molecule has 5 aromatic rings. The second-order valence-electron chi connectivity index (χ2n) is 11.7. The Morgan fingerprint density at radius 3 is 2.19 bits per heavy atom. The van der Waals surface area contributed by atoms with E-state index in [1.807, 2.05) is 66.7 Å². The number of nitrogen functional groups attached to an aromatic ring is 1. The van der Waals surface area contributed by atoms with Crippen LogP contribution in [0.3, 0.4) is 0 Å². The third-order valence-corrected chi connectivity index (χ3v) is 8.85. The number of urea groups is 1. The first-order chi connectivity index (χ1) is 22.6. The molecule has 4 aromatic carbocycles. The smallest absolute Gasteiger partial charge is 0.362 e. The zero-order valence-corrected chi connectivity index (χ0v) is 26.2. The number of ether oxygens (including phenoxy) is 1. The van der Waals surface area contributed by atoms with E-state index in [1.54, 1.807) is 41.3 Å². The van der Waals surface area contributed by atoms with Gasteiger partial charge >= 0.3 is 13.6 Å². The Bertz CT molecular complexity index is 1880. The number of nitrogens with two attached hydrogens (primary N) is 1. The average molecular weight is 658 g/mol. The number of hydrogen-bond donors (Lipinski definition) is 6. The number of benzene rings is 4. The van der Waals surface area contributed by atoms with Crippen LogP contribution in [0.1, 0.15) is 28.3 Å². The summed E-state index contributed by atoms with van der Waals surface area (Å²) >= 11 is 0. The third-order valence-electron chi connectivity index (χ3n) is 8.38. The number of nitrogens with zero attached hydrogens (tertiary/aromatic N) is 3. The Hall–Kier alpha value is -4.71. The van der Waals surface area contributed by atoms with Crippen molar-refractivity contribution in [3.63, 3.8) is 0 Å². The van der Waals surface area contributed by atoms with E-state index in [1.165, 1.54) is 4.90 Å². The highest BCUT2D eigenvalue weighted by Gasteiger charge is 2.47. The monoisotopic (exact) mass is 657 g/mol. The van der Waals surface area contributed by atoms with Gasteiger partial charge in [-0.3, -0.25) is 9.66 Å². The van der Waals surface area contributed by atoms with Gasteiger partial charge in [0.25, 0.3) is 0 Å².